The van der Waals surface area contributed by atoms with Crippen LogP contribution in [0.2, 0.25) is 0 Å². The lowest BCUT2D eigenvalue weighted by atomic mass is 10.0. The van der Waals surface area contributed by atoms with Gasteiger partial charge < -0.3 is 11.1 Å². The van der Waals surface area contributed by atoms with E-state index < -0.39 is 0 Å². The van der Waals surface area contributed by atoms with Crippen molar-refractivity contribution in [1.82, 2.24) is 0 Å². The molecule has 2 unspecified atom stereocenters. The monoisotopic (exact) mass is 262 g/mol. The number of benzene rings is 1. The number of hydrogen-bond donors (Lipinski definition) is 2. The van der Waals surface area contributed by atoms with E-state index in [-0.39, 0.29) is 0 Å². The molecule has 0 heterocycles. The van der Waals surface area contributed by atoms with Crippen LogP contribution in [0.15, 0.2) is 41.8 Å². The summed E-state index contributed by atoms with van der Waals surface area (Å²) in [6.45, 7) is 4.57. The Kier molecular flexibility index (Phi) is 5.14. The van der Waals surface area contributed by atoms with Gasteiger partial charge in [0.25, 0.3) is 0 Å². The second-order valence-corrected chi connectivity index (χ2v) is 5.84. The quantitative estimate of drug-likeness (QED) is 0.608. The average molecular weight is 262 g/mol. The van der Waals surface area contributed by atoms with Crippen LogP contribution in [0.4, 0.5) is 5.69 Å². The third-order valence-corrected chi connectivity index (χ3v) is 4.62. The van der Waals surface area contributed by atoms with Crippen LogP contribution in [0.3, 0.4) is 0 Å². The molecule has 98 valence electrons. The molecule has 1 aromatic rings. The van der Waals surface area contributed by atoms with Crippen molar-refractivity contribution >= 4 is 17.4 Å². The number of nitrogens with two attached hydrogens (primary N) is 1. The molecule has 1 aromatic carbocycles. The lowest BCUT2D eigenvalue weighted by Gasteiger charge is -2.22. The largest absolute Gasteiger partial charge is 0.381 e. The lowest BCUT2D eigenvalue weighted by Crippen LogP contribution is -2.29. The normalized spacial score (nSPS) is 22.9. The van der Waals surface area contributed by atoms with Crippen LogP contribution in [0.25, 0.3) is 0 Å². The minimum atomic E-state index is 0.542. The molecule has 0 radical (unpaired) electrons. The summed E-state index contributed by atoms with van der Waals surface area (Å²) in [7, 11) is 0. The van der Waals surface area contributed by atoms with E-state index in [2.05, 4.69) is 36.2 Å². The van der Waals surface area contributed by atoms with Gasteiger partial charge in [-0.05, 0) is 37.4 Å². The fraction of sp³-hybridized carbons (Fsp3) is 0.467. The maximum Gasteiger partial charge on any atom is 0.0480 e. The van der Waals surface area contributed by atoms with Gasteiger partial charge in [-0.25, -0.2) is 0 Å². The summed E-state index contributed by atoms with van der Waals surface area (Å²) in [5.41, 5.74) is 7.08. The zero-order valence-electron chi connectivity index (χ0n) is 10.8. The molecule has 1 fully saturated rings. The standard InChI is InChI=1S/C15H22N2S/c1-2-10-18-15-9-4-3-7-14(15)17-13-8-5-6-12(13)11-16/h2-4,7,9,12-13,17H,1,5-6,8,10-11,16H2. The molecule has 18 heavy (non-hydrogen) atoms. The van der Waals surface area contributed by atoms with Crippen molar-refractivity contribution in [1.29, 1.82) is 0 Å². The molecular weight excluding hydrogens is 240 g/mol. The van der Waals surface area contributed by atoms with Gasteiger partial charge in [-0.15, -0.1) is 18.3 Å². The fourth-order valence-electron chi connectivity index (χ4n) is 2.57. The number of thioether (sulfide) groups is 1. The minimum absolute atomic E-state index is 0.542. The molecule has 2 rings (SSSR count). The summed E-state index contributed by atoms with van der Waals surface area (Å²) >= 11 is 1.83. The number of anilines is 1. The zero-order chi connectivity index (χ0) is 12.8. The van der Waals surface area contributed by atoms with Crippen LogP contribution < -0.4 is 11.1 Å². The number of nitrogens with one attached hydrogen (secondary N) is 1. The molecule has 0 bridgehead atoms. The molecule has 1 aliphatic rings. The van der Waals surface area contributed by atoms with Crippen LogP contribution in [0.5, 0.6) is 0 Å². The number of hydrogen-bond acceptors (Lipinski definition) is 3. The van der Waals surface area contributed by atoms with Gasteiger partial charge in [0.2, 0.25) is 0 Å². The van der Waals surface area contributed by atoms with Crippen molar-refractivity contribution in [3.05, 3.63) is 36.9 Å². The van der Waals surface area contributed by atoms with E-state index in [1.54, 1.807) is 0 Å². The van der Waals surface area contributed by atoms with Crippen LogP contribution in [0.1, 0.15) is 19.3 Å². The van der Waals surface area contributed by atoms with Crippen molar-refractivity contribution < 1.29 is 0 Å². The van der Waals surface area contributed by atoms with Gasteiger partial charge in [-0.2, -0.15) is 0 Å². The highest BCUT2D eigenvalue weighted by Crippen LogP contribution is 2.32. The molecule has 0 amide bonds. The van der Waals surface area contributed by atoms with Gasteiger partial charge in [0.15, 0.2) is 0 Å². The predicted molar refractivity (Wildman–Crippen MR) is 81.2 cm³/mol. The molecule has 2 atom stereocenters. The highest BCUT2D eigenvalue weighted by Gasteiger charge is 2.26. The Morgan fingerprint density at radius 1 is 1.39 bits per heavy atom. The number of para-hydroxylation sites is 1. The minimum Gasteiger partial charge on any atom is -0.381 e. The molecule has 3 heteroatoms. The summed E-state index contributed by atoms with van der Waals surface area (Å²) in [5.74, 6) is 1.58. The van der Waals surface area contributed by atoms with Gasteiger partial charge in [-0.3, -0.25) is 0 Å². The van der Waals surface area contributed by atoms with E-state index in [1.807, 2.05) is 17.8 Å². The van der Waals surface area contributed by atoms with Gasteiger partial charge in [0, 0.05) is 22.4 Å². The van der Waals surface area contributed by atoms with Gasteiger partial charge in [0.05, 0.1) is 0 Å². The van der Waals surface area contributed by atoms with Crippen molar-refractivity contribution in [2.45, 2.75) is 30.2 Å². The molecule has 0 aromatic heterocycles. The zero-order valence-corrected chi connectivity index (χ0v) is 11.6. The van der Waals surface area contributed by atoms with Crippen molar-refractivity contribution in [2.24, 2.45) is 11.7 Å². The first-order valence-electron chi connectivity index (χ1n) is 6.64. The molecule has 1 aliphatic carbocycles. The van der Waals surface area contributed by atoms with Crippen molar-refractivity contribution in [2.75, 3.05) is 17.6 Å². The van der Waals surface area contributed by atoms with Crippen molar-refractivity contribution in [3.63, 3.8) is 0 Å². The third kappa shape index (κ3) is 3.30. The lowest BCUT2D eigenvalue weighted by molar-refractivity contribution is 0.516. The Hall–Kier alpha value is -0.930. The summed E-state index contributed by atoms with van der Waals surface area (Å²) in [6.07, 6.45) is 5.74. The van der Waals surface area contributed by atoms with Crippen LogP contribution in [-0.4, -0.2) is 18.3 Å². The second kappa shape index (κ2) is 6.86. The molecular formula is C15H22N2S. The first-order valence-corrected chi connectivity index (χ1v) is 7.63. The highest BCUT2D eigenvalue weighted by atomic mass is 32.2. The molecule has 1 saturated carbocycles. The summed E-state index contributed by atoms with van der Waals surface area (Å²) in [4.78, 5) is 1.31. The number of rotatable bonds is 6. The van der Waals surface area contributed by atoms with E-state index in [0.717, 1.165) is 12.3 Å². The summed E-state index contributed by atoms with van der Waals surface area (Å²) in [5, 5.41) is 3.68. The van der Waals surface area contributed by atoms with E-state index in [1.165, 1.54) is 29.8 Å². The summed E-state index contributed by atoms with van der Waals surface area (Å²) < 4.78 is 0. The molecule has 0 aliphatic heterocycles. The maximum absolute atomic E-state index is 5.84. The molecule has 0 spiro atoms. The van der Waals surface area contributed by atoms with Crippen molar-refractivity contribution in [3.8, 4) is 0 Å². The van der Waals surface area contributed by atoms with Crippen LogP contribution in [-0.2, 0) is 0 Å². The Balaban J connectivity index is 2.05. The molecule has 2 nitrogen and oxygen atoms in total. The average Bonchev–Trinajstić information content (AvgIpc) is 2.85. The second-order valence-electron chi connectivity index (χ2n) is 4.77. The Bertz CT molecular complexity index is 392. The Morgan fingerprint density at radius 3 is 3.00 bits per heavy atom. The Labute approximate surface area is 114 Å². The predicted octanol–water partition coefficient (Wildman–Crippen LogP) is 3.50. The molecule has 0 saturated heterocycles. The Morgan fingerprint density at radius 2 is 2.22 bits per heavy atom. The van der Waals surface area contributed by atoms with E-state index in [0.29, 0.717) is 12.0 Å². The van der Waals surface area contributed by atoms with E-state index in [4.69, 9.17) is 5.73 Å². The maximum atomic E-state index is 5.84. The first-order chi connectivity index (χ1) is 8.85. The SMILES string of the molecule is C=CCSc1ccccc1NC1CCCC1CN. The molecule has 3 N–H and O–H groups in total. The van der Waals surface area contributed by atoms with Gasteiger partial charge in [0.1, 0.15) is 0 Å². The topological polar surface area (TPSA) is 38.0 Å². The smallest absolute Gasteiger partial charge is 0.0480 e. The first kappa shape index (κ1) is 13.5. The van der Waals surface area contributed by atoms with Crippen LogP contribution >= 0.6 is 11.8 Å². The van der Waals surface area contributed by atoms with E-state index in [9.17, 15) is 0 Å². The highest BCUT2D eigenvalue weighted by molar-refractivity contribution is 7.99. The van der Waals surface area contributed by atoms with Gasteiger partial charge >= 0.3 is 0 Å². The summed E-state index contributed by atoms with van der Waals surface area (Å²) in [6, 6.07) is 9.05. The van der Waals surface area contributed by atoms with E-state index >= 15 is 0 Å². The van der Waals surface area contributed by atoms with Gasteiger partial charge in [-0.1, -0.05) is 24.6 Å². The fourth-order valence-corrected chi connectivity index (χ4v) is 3.32. The third-order valence-electron chi connectivity index (χ3n) is 3.55. The van der Waals surface area contributed by atoms with Crippen LogP contribution in [0, 0.1) is 5.92 Å².